The van der Waals surface area contributed by atoms with Gasteiger partial charge >= 0.3 is 0 Å². The van der Waals surface area contributed by atoms with Crippen molar-refractivity contribution in [3.8, 4) is 11.5 Å². The fraction of sp³-hybridized carbons (Fsp3) is 0.385. The molecule has 2 N–H and O–H groups in total. The highest BCUT2D eigenvalue weighted by atomic mass is 16.5. The molecule has 1 heterocycles. The summed E-state index contributed by atoms with van der Waals surface area (Å²) in [4.78, 5) is 4.34. The van der Waals surface area contributed by atoms with Crippen LogP contribution in [0.5, 0.6) is 0 Å². The molecule has 0 aliphatic carbocycles. The number of rotatable bonds is 4. The number of nitrogens with zero attached hydrogens (tertiary/aromatic N) is 2. The van der Waals surface area contributed by atoms with E-state index in [1.807, 2.05) is 38.1 Å². The van der Waals surface area contributed by atoms with Gasteiger partial charge < -0.3 is 10.3 Å². The average molecular weight is 231 g/mol. The summed E-state index contributed by atoms with van der Waals surface area (Å²) in [5, 5.41) is 3.94. The lowest BCUT2D eigenvalue weighted by molar-refractivity contribution is 0.419. The second-order valence-corrected chi connectivity index (χ2v) is 4.25. The Morgan fingerprint density at radius 3 is 2.65 bits per heavy atom. The molecule has 90 valence electrons. The van der Waals surface area contributed by atoms with Crippen LogP contribution in [-0.4, -0.2) is 16.2 Å². The zero-order valence-corrected chi connectivity index (χ0v) is 10.2. The van der Waals surface area contributed by atoms with E-state index in [4.69, 9.17) is 10.3 Å². The van der Waals surface area contributed by atoms with E-state index >= 15 is 0 Å². The first-order valence-corrected chi connectivity index (χ1v) is 5.84. The minimum Gasteiger partial charge on any atom is -0.334 e. The Hall–Kier alpha value is -1.68. The molecule has 0 radical (unpaired) electrons. The van der Waals surface area contributed by atoms with Crippen LogP contribution in [0, 0.1) is 6.92 Å². The Balaban J connectivity index is 2.15. The molecule has 1 unspecified atom stereocenters. The number of aromatic nitrogens is 2. The number of benzene rings is 1. The van der Waals surface area contributed by atoms with Gasteiger partial charge in [-0.05, 0) is 25.5 Å². The maximum atomic E-state index is 5.85. The lowest BCUT2D eigenvalue weighted by atomic mass is 10.1. The van der Waals surface area contributed by atoms with Crippen molar-refractivity contribution in [2.24, 2.45) is 5.73 Å². The molecule has 1 aromatic heterocycles. The van der Waals surface area contributed by atoms with E-state index in [1.165, 1.54) is 5.56 Å². The molecule has 0 aliphatic rings. The van der Waals surface area contributed by atoms with E-state index in [0.717, 1.165) is 12.0 Å². The summed E-state index contributed by atoms with van der Waals surface area (Å²) >= 11 is 0. The van der Waals surface area contributed by atoms with Crippen LogP contribution in [0.2, 0.25) is 0 Å². The van der Waals surface area contributed by atoms with Gasteiger partial charge in [-0.25, -0.2) is 0 Å². The molecule has 1 aromatic carbocycles. The van der Waals surface area contributed by atoms with Crippen molar-refractivity contribution in [3.63, 3.8) is 0 Å². The van der Waals surface area contributed by atoms with Crippen molar-refractivity contribution >= 4 is 0 Å². The third kappa shape index (κ3) is 2.91. The monoisotopic (exact) mass is 231 g/mol. The average Bonchev–Trinajstić information content (AvgIpc) is 2.78. The van der Waals surface area contributed by atoms with E-state index in [9.17, 15) is 0 Å². The molecular formula is C13H17N3O. The van der Waals surface area contributed by atoms with Crippen LogP contribution < -0.4 is 5.73 Å². The Kier molecular flexibility index (Phi) is 3.54. The molecule has 2 aromatic rings. The van der Waals surface area contributed by atoms with Crippen LogP contribution in [0.15, 0.2) is 28.8 Å². The quantitative estimate of drug-likeness (QED) is 0.877. The van der Waals surface area contributed by atoms with Crippen LogP contribution in [0.4, 0.5) is 0 Å². The highest BCUT2D eigenvalue weighted by molar-refractivity contribution is 5.53. The molecule has 0 saturated carbocycles. The highest BCUT2D eigenvalue weighted by Gasteiger charge is 2.10. The van der Waals surface area contributed by atoms with Gasteiger partial charge in [0.05, 0.1) is 0 Å². The number of nitrogens with two attached hydrogens (primary N) is 1. The summed E-state index contributed by atoms with van der Waals surface area (Å²) < 4.78 is 5.22. The zero-order chi connectivity index (χ0) is 12.3. The fourth-order valence-corrected chi connectivity index (χ4v) is 1.53. The summed E-state index contributed by atoms with van der Waals surface area (Å²) in [5.74, 6) is 1.23. The summed E-state index contributed by atoms with van der Waals surface area (Å²) in [5.41, 5.74) is 8.00. The van der Waals surface area contributed by atoms with Gasteiger partial charge in [0.15, 0.2) is 5.82 Å². The topological polar surface area (TPSA) is 64.9 Å². The van der Waals surface area contributed by atoms with E-state index in [2.05, 4.69) is 10.1 Å². The molecule has 0 fully saturated rings. The molecule has 4 heteroatoms. The van der Waals surface area contributed by atoms with Gasteiger partial charge in [-0.2, -0.15) is 4.98 Å². The van der Waals surface area contributed by atoms with E-state index in [0.29, 0.717) is 18.1 Å². The predicted molar refractivity (Wildman–Crippen MR) is 66.4 cm³/mol. The minimum absolute atomic E-state index is 0.0958. The lowest BCUT2D eigenvalue weighted by Crippen LogP contribution is -2.21. The third-order valence-electron chi connectivity index (χ3n) is 2.74. The minimum atomic E-state index is 0.0958. The van der Waals surface area contributed by atoms with E-state index in [-0.39, 0.29) is 6.04 Å². The molecule has 4 nitrogen and oxygen atoms in total. The second-order valence-electron chi connectivity index (χ2n) is 4.25. The Bertz CT molecular complexity index is 476. The SMILES string of the molecule is CCC(N)Cc1noc(-c2ccc(C)cc2)n1. The molecule has 0 spiro atoms. The van der Waals surface area contributed by atoms with Crippen LogP contribution in [0.1, 0.15) is 24.7 Å². The fourth-order valence-electron chi connectivity index (χ4n) is 1.53. The Labute approximate surface area is 101 Å². The molecule has 0 aliphatic heterocycles. The van der Waals surface area contributed by atoms with E-state index in [1.54, 1.807) is 0 Å². The van der Waals surface area contributed by atoms with Crippen molar-refractivity contribution in [2.45, 2.75) is 32.7 Å². The van der Waals surface area contributed by atoms with Crippen molar-refractivity contribution in [3.05, 3.63) is 35.7 Å². The van der Waals surface area contributed by atoms with Gasteiger partial charge in [0.25, 0.3) is 5.89 Å². The summed E-state index contributed by atoms with van der Waals surface area (Å²) in [7, 11) is 0. The van der Waals surface area contributed by atoms with Crippen LogP contribution in [0.3, 0.4) is 0 Å². The van der Waals surface area contributed by atoms with Crippen molar-refractivity contribution in [2.75, 3.05) is 0 Å². The Morgan fingerprint density at radius 2 is 2.00 bits per heavy atom. The van der Waals surface area contributed by atoms with Crippen molar-refractivity contribution < 1.29 is 4.52 Å². The predicted octanol–water partition coefficient (Wildman–Crippen LogP) is 2.32. The van der Waals surface area contributed by atoms with Crippen LogP contribution in [-0.2, 0) is 6.42 Å². The van der Waals surface area contributed by atoms with Gasteiger partial charge in [-0.15, -0.1) is 0 Å². The third-order valence-corrected chi connectivity index (χ3v) is 2.74. The lowest BCUT2D eigenvalue weighted by Gasteiger charge is -2.02. The first kappa shape index (κ1) is 11.8. The Morgan fingerprint density at radius 1 is 1.29 bits per heavy atom. The van der Waals surface area contributed by atoms with Gasteiger partial charge in [0.2, 0.25) is 0 Å². The molecule has 17 heavy (non-hydrogen) atoms. The van der Waals surface area contributed by atoms with Crippen LogP contribution >= 0.6 is 0 Å². The highest BCUT2D eigenvalue weighted by Crippen LogP contribution is 2.17. The maximum Gasteiger partial charge on any atom is 0.257 e. The van der Waals surface area contributed by atoms with E-state index < -0.39 is 0 Å². The molecule has 0 amide bonds. The number of hydrogen-bond acceptors (Lipinski definition) is 4. The molecule has 0 bridgehead atoms. The molecule has 0 saturated heterocycles. The zero-order valence-electron chi connectivity index (χ0n) is 10.2. The summed E-state index contributed by atoms with van der Waals surface area (Å²) in [6, 6.07) is 8.10. The molecule has 1 atom stereocenters. The van der Waals surface area contributed by atoms with Crippen molar-refractivity contribution in [1.29, 1.82) is 0 Å². The number of hydrogen-bond donors (Lipinski definition) is 1. The largest absolute Gasteiger partial charge is 0.334 e. The van der Waals surface area contributed by atoms with Gasteiger partial charge in [-0.1, -0.05) is 29.8 Å². The van der Waals surface area contributed by atoms with Gasteiger partial charge in [0, 0.05) is 18.0 Å². The van der Waals surface area contributed by atoms with Crippen molar-refractivity contribution in [1.82, 2.24) is 10.1 Å². The smallest absolute Gasteiger partial charge is 0.257 e. The van der Waals surface area contributed by atoms with Gasteiger partial charge in [-0.3, -0.25) is 0 Å². The molecular weight excluding hydrogens is 214 g/mol. The first-order chi connectivity index (χ1) is 8.19. The maximum absolute atomic E-state index is 5.85. The molecule has 2 rings (SSSR count). The normalized spacial score (nSPS) is 12.6. The summed E-state index contributed by atoms with van der Waals surface area (Å²) in [6.07, 6.45) is 1.57. The number of aryl methyl sites for hydroxylation is 1. The standard InChI is InChI=1S/C13H17N3O/c1-3-11(14)8-12-15-13(17-16-12)10-6-4-9(2)5-7-10/h4-7,11H,3,8,14H2,1-2H3. The summed E-state index contributed by atoms with van der Waals surface area (Å²) in [6.45, 7) is 4.09. The first-order valence-electron chi connectivity index (χ1n) is 5.84. The van der Waals surface area contributed by atoms with Crippen LogP contribution in [0.25, 0.3) is 11.5 Å². The second kappa shape index (κ2) is 5.10. The van der Waals surface area contributed by atoms with Gasteiger partial charge in [0.1, 0.15) is 0 Å².